The average Bonchev–Trinajstić information content (AvgIpc) is 3.21. The number of unbranched alkanes of at least 4 members (excludes halogenated alkanes) is 1. The van der Waals surface area contributed by atoms with Crippen molar-refractivity contribution in [2.75, 3.05) is 5.32 Å². The van der Waals surface area contributed by atoms with Gasteiger partial charge in [0.1, 0.15) is 6.10 Å². The van der Waals surface area contributed by atoms with Crippen LogP contribution in [0.15, 0.2) is 70.0 Å². The number of anilines is 1. The molecule has 0 bridgehead atoms. The molecule has 2 aromatic rings. The van der Waals surface area contributed by atoms with Gasteiger partial charge in [-0.15, -0.1) is 0 Å². The maximum absolute atomic E-state index is 14.2. The Labute approximate surface area is 216 Å². The first-order valence-corrected chi connectivity index (χ1v) is 14.4. The molecule has 1 saturated heterocycles. The van der Waals surface area contributed by atoms with Crippen molar-refractivity contribution in [2.24, 2.45) is 23.7 Å². The third-order valence-corrected chi connectivity index (χ3v) is 9.68. The van der Waals surface area contributed by atoms with E-state index in [0.29, 0.717) is 0 Å². The second-order valence-corrected chi connectivity index (χ2v) is 11.8. The van der Waals surface area contributed by atoms with Gasteiger partial charge in [0.05, 0.1) is 22.6 Å². The third kappa shape index (κ3) is 4.68. The largest absolute Gasteiger partial charge is 0.461 e. The van der Waals surface area contributed by atoms with Crippen molar-refractivity contribution >= 4 is 28.4 Å². The summed E-state index contributed by atoms with van der Waals surface area (Å²) in [5, 5.41) is 3.07. The Bertz CT molecular complexity index is 1170. The lowest BCUT2D eigenvalue weighted by Gasteiger charge is -2.43. The molecular formula is C30H35NO4S. The zero-order chi connectivity index (χ0) is 25.2. The lowest BCUT2D eigenvalue weighted by molar-refractivity contribution is -0.148. The van der Waals surface area contributed by atoms with Gasteiger partial charge in [-0.25, -0.2) is 4.21 Å². The lowest BCUT2D eigenvalue weighted by atomic mass is 9.62. The van der Waals surface area contributed by atoms with Crippen LogP contribution in [0.3, 0.4) is 0 Å². The number of amides is 1. The summed E-state index contributed by atoms with van der Waals surface area (Å²) in [7, 11) is -1.40. The van der Waals surface area contributed by atoms with E-state index in [1.54, 1.807) is 0 Å². The molecule has 190 valence electrons. The first kappa shape index (κ1) is 24.9. The van der Waals surface area contributed by atoms with Crippen molar-refractivity contribution in [3.63, 3.8) is 0 Å². The molecule has 6 atom stereocenters. The Morgan fingerprint density at radius 3 is 2.53 bits per heavy atom. The second-order valence-electron chi connectivity index (χ2n) is 10.4. The molecule has 1 N–H and O–H groups in total. The molecule has 36 heavy (non-hydrogen) atoms. The van der Waals surface area contributed by atoms with Crippen LogP contribution in [0.1, 0.15) is 57.4 Å². The minimum atomic E-state index is -1.40. The van der Waals surface area contributed by atoms with Crippen molar-refractivity contribution in [3.05, 3.63) is 70.6 Å². The first-order chi connectivity index (χ1) is 17.5. The quantitative estimate of drug-likeness (QED) is 0.457. The highest BCUT2D eigenvalue weighted by molar-refractivity contribution is 7.89. The zero-order valence-corrected chi connectivity index (χ0v) is 21.9. The number of carbonyl (C=O) groups is 2. The number of fused-ring (bicyclic) bond motifs is 2. The molecule has 5 rings (SSSR count). The molecular weight excluding hydrogens is 470 g/mol. The molecule has 2 aromatic carbocycles. The first-order valence-electron chi connectivity index (χ1n) is 13.3. The summed E-state index contributed by atoms with van der Waals surface area (Å²) in [5.74, 6) is -1.98. The van der Waals surface area contributed by atoms with Gasteiger partial charge in [-0.05, 0) is 62.8 Å². The number of esters is 1. The summed E-state index contributed by atoms with van der Waals surface area (Å²) >= 11 is 0. The number of allylic oxidation sites excluding steroid dienone is 1. The minimum absolute atomic E-state index is 0.0921. The molecule has 0 radical (unpaired) electrons. The molecule has 3 aliphatic rings. The van der Waals surface area contributed by atoms with Gasteiger partial charge in [0.15, 0.2) is 0 Å². The Balaban J connectivity index is 1.61. The smallest absolute Gasteiger partial charge is 0.310 e. The van der Waals surface area contributed by atoms with Gasteiger partial charge in [0.2, 0.25) is 5.91 Å². The number of benzene rings is 2. The van der Waals surface area contributed by atoms with Crippen molar-refractivity contribution in [3.8, 4) is 0 Å². The number of aryl methyl sites for hydroxylation is 1. The monoisotopic (exact) mass is 505 g/mol. The maximum atomic E-state index is 14.2. The predicted molar refractivity (Wildman–Crippen MR) is 142 cm³/mol. The van der Waals surface area contributed by atoms with E-state index in [1.165, 1.54) is 0 Å². The molecule has 2 fully saturated rings. The van der Waals surface area contributed by atoms with E-state index >= 15 is 0 Å². The number of para-hydroxylation sites is 1. The van der Waals surface area contributed by atoms with Gasteiger partial charge in [-0.2, -0.15) is 0 Å². The number of cyclic esters (lactones) is 1. The fourth-order valence-electron chi connectivity index (χ4n) is 6.35. The number of hydrogen-bond acceptors (Lipinski definition) is 4. The molecule has 0 aromatic heterocycles. The van der Waals surface area contributed by atoms with Gasteiger partial charge >= 0.3 is 5.97 Å². The highest BCUT2D eigenvalue weighted by atomic mass is 32.2. The van der Waals surface area contributed by atoms with E-state index in [2.05, 4.69) is 12.2 Å². The van der Waals surface area contributed by atoms with Crippen LogP contribution in [-0.2, 0) is 25.1 Å². The van der Waals surface area contributed by atoms with E-state index in [-0.39, 0.29) is 29.8 Å². The normalized spacial score (nSPS) is 28.2. The number of hydrogen-bond donors (Lipinski definition) is 1. The third-order valence-electron chi connectivity index (χ3n) is 8.05. The number of ether oxygens (including phenoxy) is 1. The highest BCUT2D eigenvalue weighted by Crippen LogP contribution is 2.55. The second kappa shape index (κ2) is 10.7. The van der Waals surface area contributed by atoms with Gasteiger partial charge in [0.25, 0.3) is 0 Å². The van der Waals surface area contributed by atoms with E-state index in [1.807, 2.05) is 61.5 Å². The summed E-state index contributed by atoms with van der Waals surface area (Å²) in [6.07, 6.45) is 5.96. The Hall–Kier alpha value is -2.73. The van der Waals surface area contributed by atoms with Gasteiger partial charge in [0, 0.05) is 21.4 Å². The van der Waals surface area contributed by atoms with Crippen LogP contribution in [-0.4, -0.2) is 22.2 Å². The van der Waals surface area contributed by atoms with E-state index < -0.39 is 22.6 Å². The minimum Gasteiger partial charge on any atom is -0.461 e. The molecule has 0 spiro atoms. The van der Waals surface area contributed by atoms with Crippen molar-refractivity contribution in [2.45, 2.75) is 69.8 Å². The van der Waals surface area contributed by atoms with E-state index in [9.17, 15) is 13.8 Å². The van der Waals surface area contributed by atoms with E-state index in [0.717, 1.165) is 71.6 Å². The van der Waals surface area contributed by atoms with Crippen molar-refractivity contribution in [1.82, 2.24) is 0 Å². The van der Waals surface area contributed by atoms with Crippen LogP contribution in [0.5, 0.6) is 0 Å². The lowest BCUT2D eigenvalue weighted by Crippen LogP contribution is -2.46. The van der Waals surface area contributed by atoms with Crippen LogP contribution in [0.25, 0.3) is 0 Å². The Morgan fingerprint density at radius 1 is 1.06 bits per heavy atom. The summed E-state index contributed by atoms with van der Waals surface area (Å²) < 4.78 is 20.2. The fourth-order valence-corrected chi connectivity index (χ4v) is 8.03. The molecule has 1 amide bonds. The molecule has 1 unspecified atom stereocenters. The number of carbonyl (C=O) groups excluding carboxylic acids is 2. The molecule has 5 nitrogen and oxygen atoms in total. The maximum Gasteiger partial charge on any atom is 0.310 e. The summed E-state index contributed by atoms with van der Waals surface area (Å²) in [6, 6.07) is 17.2. The van der Waals surface area contributed by atoms with Crippen LogP contribution in [0.2, 0.25) is 0 Å². The Morgan fingerprint density at radius 2 is 1.81 bits per heavy atom. The Kier molecular flexibility index (Phi) is 7.42. The highest BCUT2D eigenvalue weighted by Gasteiger charge is 2.59. The summed E-state index contributed by atoms with van der Waals surface area (Å²) in [5.41, 5.74) is 2.97. The molecule has 6 heteroatoms. The van der Waals surface area contributed by atoms with Gasteiger partial charge in [-0.1, -0.05) is 67.7 Å². The predicted octanol–water partition coefficient (Wildman–Crippen LogP) is 6.16. The van der Waals surface area contributed by atoms with Crippen LogP contribution >= 0.6 is 0 Å². The van der Waals surface area contributed by atoms with Crippen LogP contribution in [0.4, 0.5) is 5.69 Å². The van der Waals surface area contributed by atoms with Crippen LogP contribution < -0.4 is 5.32 Å². The van der Waals surface area contributed by atoms with Crippen molar-refractivity contribution in [1.29, 1.82) is 0 Å². The average molecular weight is 506 g/mol. The fraction of sp³-hybridized carbons (Fsp3) is 0.467. The molecule has 1 saturated carbocycles. The van der Waals surface area contributed by atoms with Crippen molar-refractivity contribution < 1.29 is 18.5 Å². The number of nitrogens with one attached hydrogen (secondary N) is 1. The standard InChI is InChI=1S/C30H35NO4S/c1-3-4-14-24-26-27(30(33)35-24)25(29(32)31-20-10-6-5-7-11-20)22-12-8-9-13-23(22)28(26)36(34)21-17-15-19(2)16-18-21/h5-7,10-11,15-18,22,24-27H,3-4,8-9,12-14H2,1-2H3,(H,31,32)/t22-,24-,25-,26-,27-,36?/m0/s1. The SMILES string of the molecule is CCCC[C@@H]1OC(=O)[C@@H]2[C@H]1C(S(=O)c1ccc(C)cc1)=C1CCCC[C@@H]1[C@@H]2C(=O)Nc1ccccc1. The molecule has 2 aliphatic carbocycles. The summed E-state index contributed by atoms with van der Waals surface area (Å²) in [4.78, 5) is 28.9. The number of rotatable bonds is 7. The van der Waals surface area contributed by atoms with Crippen LogP contribution in [0, 0.1) is 30.6 Å². The molecule has 1 aliphatic heterocycles. The van der Waals surface area contributed by atoms with Gasteiger partial charge < -0.3 is 10.1 Å². The summed E-state index contributed by atoms with van der Waals surface area (Å²) in [6.45, 7) is 4.13. The van der Waals surface area contributed by atoms with Gasteiger partial charge in [-0.3, -0.25) is 9.59 Å². The van der Waals surface area contributed by atoms with E-state index in [4.69, 9.17) is 4.74 Å². The topological polar surface area (TPSA) is 72.5 Å². The zero-order valence-electron chi connectivity index (χ0n) is 21.1. The molecule has 1 heterocycles.